The van der Waals surface area contributed by atoms with Gasteiger partial charge in [-0.2, -0.15) is 0 Å². The molecule has 1 aromatic rings. The van der Waals surface area contributed by atoms with Gasteiger partial charge in [0.2, 0.25) is 0 Å². The van der Waals surface area contributed by atoms with E-state index in [1.54, 1.807) is 12.4 Å². The van der Waals surface area contributed by atoms with Crippen LogP contribution in [0.3, 0.4) is 0 Å². The van der Waals surface area contributed by atoms with Crippen LogP contribution in [0.4, 0.5) is 0 Å². The molecule has 0 bridgehead atoms. The lowest BCUT2D eigenvalue weighted by Crippen LogP contribution is -2.46. The highest BCUT2D eigenvalue weighted by Crippen LogP contribution is 2.41. The number of ether oxygens (including phenoxy) is 2. The summed E-state index contributed by atoms with van der Waals surface area (Å²) in [5.74, 6) is 0.545. The third-order valence-corrected chi connectivity index (χ3v) is 4.62. The van der Waals surface area contributed by atoms with Gasteiger partial charge in [0, 0.05) is 38.4 Å². The molecule has 2 atom stereocenters. The number of hydrogen-bond acceptors (Lipinski definition) is 5. The fraction of sp³-hybridized carbons (Fsp3) is 0.733. The zero-order valence-corrected chi connectivity index (χ0v) is 12.0. The molecule has 2 aliphatic heterocycles. The van der Waals surface area contributed by atoms with Crippen LogP contribution in [0.2, 0.25) is 0 Å². The lowest BCUT2D eigenvalue weighted by molar-refractivity contribution is -0.150. The Kier molecular flexibility index (Phi) is 4.29. The van der Waals surface area contributed by atoms with Crippen molar-refractivity contribution in [3.8, 4) is 0 Å². The van der Waals surface area contributed by atoms with Crippen LogP contribution in [-0.4, -0.2) is 42.4 Å². The van der Waals surface area contributed by atoms with Gasteiger partial charge < -0.3 is 14.8 Å². The first-order valence-electron chi connectivity index (χ1n) is 7.48. The zero-order valence-electron chi connectivity index (χ0n) is 12.0. The minimum atomic E-state index is 0.0263. The van der Waals surface area contributed by atoms with E-state index in [4.69, 9.17) is 9.47 Å². The van der Waals surface area contributed by atoms with E-state index in [2.05, 4.69) is 15.3 Å². The van der Waals surface area contributed by atoms with Gasteiger partial charge in [-0.25, -0.2) is 0 Å². The summed E-state index contributed by atoms with van der Waals surface area (Å²) < 4.78 is 11.6. The van der Waals surface area contributed by atoms with Crippen LogP contribution in [0.1, 0.15) is 37.4 Å². The van der Waals surface area contributed by atoms with Crippen LogP contribution in [0.15, 0.2) is 18.6 Å². The quantitative estimate of drug-likeness (QED) is 0.911. The van der Waals surface area contributed by atoms with Gasteiger partial charge in [0.1, 0.15) is 0 Å². The molecule has 1 spiro atoms. The second-order valence-electron chi connectivity index (χ2n) is 5.79. The molecule has 0 saturated carbocycles. The molecule has 5 heteroatoms. The number of nitrogens with zero attached hydrogens (tertiary/aromatic N) is 2. The number of hydrogen-bond donors (Lipinski definition) is 1. The maximum atomic E-state index is 6.12. The van der Waals surface area contributed by atoms with Crippen LogP contribution in [-0.2, 0) is 9.47 Å². The fourth-order valence-corrected chi connectivity index (χ4v) is 3.54. The average molecular weight is 277 g/mol. The molecule has 0 radical (unpaired) electrons. The summed E-state index contributed by atoms with van der Waals surface area (Å²) in [6, 6.07) is 0.257. The Morgan fingerprint density at radius 2 is 2.15 bits per heavy atom. The largest absolute Gasteiger partial charge is 0.381 e. The molecule has 110 valence electrons. The normalized spacial score (nSPS) is 27.4. The molecule has 2 fully saturated rings. The Morgan fingerprint density at radius 1 is 1.30 bits per heavy atom. The zero-order chi connectivity index (χ0) is 13.8. The Morgan fingerprint density at radius 3 is 2.85 bits per heavy atom. The van der Waals surface area contributed by atoms with Crippen molar-refractivity contribution in [3.63, 3.8) is 0 Å². The van der Waals surface area contributed by atoms with Crippen molar-refractivity contribution < 1.29 is 9.47 Å². The van der Waals surface area contributed by atoms with Crippen molar-refractivity contribution in [2.75, 3.05) is 26.9 Å². The predicted octanol–water partition coefficient (Wildman–Crippen LogP) is 1.71. The van der Waals surface area contributed by atoms with Crippen molar-refractivity contribution in [2.24, 2.45) is 5.92 Å². The molecule has 3 heterocycles. The molecule has 5 nitrogen and oxygen atoms in total. The van der Waals surface area contributed by atoms with Crippen LogP contribution >= 0.6 is 0 Å². The molecule has 0 aliphatic carbocycles. The Hall–Kier alpha value is -1.04. The van der Waals surface area contributed by atoms with E-state index in [9.17, 15) is 0 Å². The monoisotopic (exact) mass is 277 g/mol. The minimum absolute atomic E-state index is 0.0263. The van der Waals surface area contributed by atoms with E-state index >= 15 is 0 Å². The summed E-state index contributed by atoms with van der Waals surface area (Å²) in [5.41, 5.74) is 1.06. The van der Waals surface area contributed by atoms with Gasteiger partial charge in [0.15, 0.2) is 0 Å². The van der Waals surface area contributed by atoms with Crippen molar-refractivity contribution in [1.29, 1.82) is 0 Å². The summed E-state index contributed by atoms with van der Waals surface area (Å²) in [7, 11) is 2.01. The first-order chi connectivity index (χ1) is 9.83. The van der Waals surface area contributed by atoms with Crippen LogP contribution in [0.25, 0.3) is 0 Å². The molecule has 1 N–H and O–H groups in total. The summed E-state index contributed by atoms with van der Waals surface area (Å²) in [5, 5.41) is 3.42. The summed E-state index contributed by atoms with van der Waals surface area (Å²) >= 11 is 0. The van der Waals surface area contributed by atoms with Gasteiger partial charge in [0.05, 0.1) is 17.3 Å². The van der Waals surface area contributed by atoms with Crippen LogP contribution in [0.5, 0.6) is 0 Å². The molecule has 2 unspecified atom stereocenters. The SMILES string of the molecule is CNC(c1cnccn1)C1CCOC2(CCOCC2)C1. The van der Waals surface area contributed by atoms with Crippen molar-refractivity contribution in [1.82, 2.24) is 15.3 Å². The number of aromatic nitrogens is 2. The molecule has 2 aliphatic rings. The van der Waals surface area contributed by atoms with Gasteiger partial charge in [0.25, 0.3) is 0 Å². The predicted molar refractivity (Wildman–Crippen MR) is 75.3 cm³/mol. The summed E-state index contributed by atoms with van der Waals surface area (Å²) in [4.78, 5) is 8.67. The van der Waals surface area contributed by atoms with E-state index in [0.717, 1.165) is 51.2 Å². The lowest BCUT2D eigenvalue weighted by Gasteiger charge is -2.45. The van der Waals surface area contributed by atoms with E-state index in [1.165, 1.54) is 0 Å². The minimum Gasteiger partial charge on any atom is -0.381 e. The fourth-order valence-electron chi connectivity index (χ4n) is 3.54. The molecule has 3 rings (SSSR count). The molecule has 0 amide bonds. The first-order valence-corrected chi connectivity index (χ1v) is 7.48. The van der Waals surface area contributed by atoms with E-state index in [1.807, 2.05) is 13.2 Å². The lowest BCUT2D eigenvalue weighted by atomic mass is 9.77. The third-order valence-electron chi connectivity index (χ3n) is 4.62. The standard InChI is InChI=1S/C15H23N3O2/c1-16-14(13-11-17-5-6-18-13)12-2-7-20-15(10-12)3-8-19-9-4-15/h5-6,11-12,14,16H,2-4,7-10H2,1H3. The van der Waals surface area contributed by atoms with Crippen LogP contribution < -0.4 is 5.32 Å². The average Bonchev–Trinajstić information content (AvgIpc) is 2.50. The topological polar surface area (TPSA) is 56.3 Å². The van der Waals surface area contributed by atoms with Crippen molar-refractivity contribution >= 4 is 0 Å². The van der Waals surface area contributed by atoms with Gasteiger partial charge in [-0.15, -0.1) is 0 Å². The molecule has 2 saturated heterocycles. The smallest absolute Gasteiger partial charge is 0.0758 e. The Balaban J connectivity index is 1.75. The molecule has 0 aromatic carbocycles. The number of rotatable bonds is 3. The van der Waals surface area contributed by atoms with Gasteiger partial charge in [-0.3, -0.25) is 9.97 Å². The van der Waals surface area contributed by atoms with Gasteiger partial charge in [-0.05, 0) is 38.6 Å². The highest BCUT2D eigenvalue weighted by Gasteiger charge is 2.41. The molecular weight excluding hydrogens is 254 g/mol. The highest BCUT2D eigenvalue weighted by molar-refractivity contribution is 5.06. The number of nitrogens with one attached hydrogen (secondary N) is 1. The van der Waals surface area contributed by atoms with E-state index in [0.29, 0.717) is 5.92 Å². The van der Waals surface area contributed by atoms with E-state index in [-0.39, 0.29) is 11.6 Å². The molecule has 1 aromatic heterocycles. The Labute approximate surface area is 120 Å². The van der Waals surface area contributed by atoms with Gasteiger partial charge in [-0.1, -0.05) is 0 Å². The summed E-state index contributed by atoms with van der Waals surface area (Å²) in [6.45, 7) is 2.48. The second-order valence-corrected chi connectivity index (χ2v) is 5.79. The van der Waals surface area contributed by atoms with Gasteiger partial charge >= 0.3 is 0 Å². The highest BCUT2D eigenvalue weighted by atomic mass is 16.5. The second kappa shape index (κ2) is 6.16. The molecular formula is C15H23N3O2. The maximum absolute atomic E-state index is 6.12. The van der Waals surface area contributed by atoms with Crippen LogP contribution in [0, 0.1) is 5.92 Å². The first kappa shape index (κ1) is 13.9. The van der Waals surface area contributed by atoms with Crippen molar-refractivity contribution in [2.45, 2.75) is 37.3 Å². The maximum Gasteiger partial charge on any atom is 0.0758 e. The third kappa shape index (κ3) is 2.85. The summed E-state index contributed by atoms with van der Waals surface area (Å²) in [6.07, 6.45) is 9.54. The molecule has 20 heavy (non-hydrogen) atoms. The Bertz CT molecular complexity index is 415. The van der Waals surface area contributed by atoms with E-state index < -0.39 is 0 Å². The van der Waals surface area contributed by atoms with Crippen molar-refractivity contribution in [3.05, 3.63) is 24.3 Å².